The number of ether oxygens (including phenoxy) is 2. The van der Waals surface area contributed by atoms with E-state index in [1.165, 1.54) is 6.92 Å². The van der Waals surface area contributed by atoms with Gasteiger partial charge >= 0.3 is 12.5 Å². The number of halogens is 2. The molecule has 0 aliphatic carbocycles. The molecular formula is C26H29F2N3O3. The molecule has 34 heavy (non-hydrogen) atoms. The highest BCUT2D eigenvalue weighted by Gasteiger charge is 2.34. The molecule has 1 unspecified atom stereocenters. The summed E-state index contributed by atoms with van der Waals surface area (Å²) in [6.07, 6.45) is -0.666. The van der Waals surface area contributed by atoms with Crippen LogP contribution < -0.4 is 10.1 Å². The summed E-state index contributed by atoms with van der Waals surface area (Å²) in [5.41, 5.74) is 7.54. The number of carbonyl (C=O) groups excluding carboxylic acids is 1. The van der Waals surface area contributed by atoms with Crippen molar-refractivity contribution in [2.24, 2.45) is 0 Å². The molecule has 2 atom stereocenters. The van der Waals surface area contributed by atoms with Gasteiger partial charge in [0.25, 0.3) is 0 Å². The molecular weight excluding hydrogens is 440 g/mol. The Morgan fingerprint density at radius 2 is 1.91 bits per heavy atom. The van der Waals surface area contributed by atoms with Crippen LogP contribution in [0.2, 0.25) is 0 Å². The van der Waals surface area contributed by atoms with E-state index in [0.29, 0.717) is 23.7 Å². The number of benzene rings is 2. The zero-order chi connectivity index (χ0) is 24.7. The molecule has 1 aromatic heterocycles. The standard InChI is InChI=1S/C26H29F2N3O3/c1-13-7-8-19(14(2)23(13)24-15(3)30-31(16(24)4)26(27)28)12-29-20-9-10-21-22(11-20)33-17(5)25(21)34-18(6)32/h7-11,17,25-26,29H,12H2,1-6H3/t17?,25-/m1/s1. The maximum absolute atomic E-state index is 13.4. The van der Waals surface area contributed by atoms with Gasteiger partial charge in [0, 0.05) is 42.0 Å². The van der Waals surface area contributed by atoms with E-state index in [1.54, 1.807) is 13.8 Å². The molecule has 0 bridgehead atoms. The van der Waals surface area contributed by atoms with E-state index >= 15 is 0 Å². The Morgan fingerprint density at radius 1 is 1.18 bits per heavy atom. The van der Waals surface area contributed by atoms with E-state index in [9.17, 15) is 13.6 Å². The quantitative estimate of drug-likeness (QED) is 0.437. The molecule has 4 rings (SSSR count). The van der Waals surface area contributed by atoms with Crippen LogP contribution in [0.4, 0.5) is 14.5 Å². The number of aryl methyl sites for hydroxylation is 2. The molecule has 0 saturated carbocycles. The van der Waals surface area contributed by atoms with E-state index in [-0.39, 0.29) is 12.1 Å². The van der Waals surface area contributed by atoms with E-state index in [2.05, 4.69) is 10.4 Å². The van der Waals surface area contributed by atoms with Crippen LogP contribution in [0.15, 0.2) is 30.3 Å². The first kappa shape index (κ1) is 23.7. The Kier molecular flexibility index (Phi) is 6.34. The van der Waals surface area contributed by atoms with Crippen LogP contribution >= 0.6 is 0 Å². The van der Waals surface area contributed by atoms with Crippen molar-refractivity contribution in [2.45, 2.75) is 66.8 Å². The van der Waals surface area contributed by atoms with Gasteiger partial charge in [-0.25, -0.2) is 4.68 Å². The summed E-state index contributed by atoms with van der Waals surface area (Å²) in [4.78, 5) is 11.4. The van der Waals surface area contributed by atoms with Gasteiger partial charge in [-0.2, -0.15) is 13.9 Å². The largest absolute Gasteiger partial charge is 0.486 e. The Labute approximate surface area is 197 Å². The van der Waals surface area contributed by atoms with Crippen molar-refractivity contribution in [1.29, 1.82) is 0 Å². The SMILES string of the molecule is CC(=O)O[C@H]1c2ccc(NCc3ccc(C)c(-c4c(C)nn(C(F)F)c4C)c3C)cc2OC1C. The van der Waals surface area contributed by atoms with Gasteiger partial charge in [-0.15, -0.1) is 0 Å². The summed E-state index contributed by atoms with van der Waals surface area (Å²) in [6, 6.07) is 9.80. The van der Waals surface area contributed by atoms with Crippen LogP contribution in [0.5, 0.6) is 5.75 Å². The second-order valence-electron chi connectivity index (χ2n) is 8.77. The number of rotatable bonds is 6. The van der Waals surface area contributed by atoms with Gasteiger partial charge < -0.3 is 14.8 Å². The molecule has 3 aromatic rings. The van der Waals surface area contributed by atoms with Crippen LogP contribution in [0.1, 0.15) is 60.1 Å². The second-order valence-corrected chi connectivity index (χ2v) is 8.77. The first-order valence-corrected chi connectivity index (χ1v) is 11.2. The van der Waals surface area contributed by atoms with Crippen LogP contribution in [0.3, 0.4) is 0 Å². The monoisotopic (exact) mass is 469 g/mol. The predicted molar refractivity (Wildman–Crippen MR) is 126 cm³/mol. The first-order chi connectivity index (χ1) is 16.1. The minimum Gasteiger partial charge on any atom is -0.486 e. The summed E-state index contributed by atoms with van der Waals surface area (Å²) in [7, 11) is 0. The van der Waals surface area contributed by atoms with Crippen molar-refractivity contribution in [3.05, 3.63) is 64.0 Å². The average Bonchev–Trinajstić information content (AvgIpc) is 3.23. The van der Waals surface area contributed by atoms with E-state index in [0.717, 1.165) is 43.7 Å². The van der Waals surface area contributed by atoms with Crippen molar-refractivity contribution in [2.75, 3.05) is 5.32 Å². The molecule has 8 heteroatoms. The van der Waals surface area contributed by atoms with E-state index in [1.807, 2.05) is 51.1 Å². The van der Waals surface area contributed by atoms with E-state index < -0.39 is 12.7 Å². The minimum absolute atomic E-state index is 0.253. The lowest BCUT2D eigenvalue weighted by Gasteiger charge is -2.17. The average molecular weight is 470 g/mol. The van der Waals surface area contributed by atoms with Gasteiger partial charge in [-0.1, -0.05) is 12.1 Å². The maximum atomic E-state index is 13.4. The Bertz CT molecular complexity index is 1250. The fourth-order valence-electron chi connectivity index (χ4n) is 4.71. The third-order valence-electron chi connectivity index (χ3n) is 6.38. The molecule has 1 aliphatic rings. The number of hydrogen-bond acceptors (Lipinski definition) is 5. The smallest absolute Gasteiger partial charge is 0.333 e. The molecule has 0 amide bonds. The first-order valence-electron chi connectivity index (χ1n) is 11.2. The molecule has 2 aromatic carbocycles. The predicted octanol–water partition coefficient (Wildman–Crippen LogP) is 6.18. The number of nitrogens with one attached hydrogen (secondary N) is 1. The number of nitrogens with zero attached hydrogens (tertiary/aromatic N) is 2. The molecule has 0 spiro atoms. The van der Waals surface area contributed by atoms with Gasteiger partial charge in [0.1, 0.15) is 11.9 Å². The number of alkyl halides is 2. The van der Waals surface area contributed by atoms with E-state index in [4.69, 9.17) is 9.47 Å². The second kappa shape index (κ2) is 9.08. The molecule has 180 valence electrons. The lowest BCUT2D eigenvalue weighted by Crippen LogP contribution is -2.18. The zero-order valence-corrected chi connectivity index (χ0v) is 20.2. The molecule has 0 saturated heterocycles. The molecule has 6 nitrogen and oxygen atoms in total. The number of aromatic nitrogens is 2. The van der Waals surface area contributed by atoms with Crippen molar-refractivity contribution >= 4 is 11.7 Å². The topological polar surface area (TPSA) is 65.4 Å². The van der Waals surface area contributed by atoms with Gasteiger partial charge in [0.2, 0.25) is 0 Å². The summed E-state index contributed by atoms with van der Waals surface area (Å²) >= 11 is 0. The lowest BCUT2D eigenvalue weighted by molar-refractivity contribution is -0.149. The fraction of sp³-hybridized carbons (Fsp3) is 0.385. The van der Waals surface area contributed by atoms with Crippen LogP contribution in [-0.4, -0.2) is 21.9 Å². The molecule has 0 radical (unpaired) electrons. The molecule has 1 aliphatic heterocycles. The van der Waals surface area contributed by atoms with Crippen molar-refractivity contribution < 1.29 is 23.0 Å². The summed E-state index contributed by atoms with van der Waals surface area (Å²) < 4.78 is 38.8. The number of fused-ring (bicyclic) bond motifs is 1. The third-order valence-corrected chi connectivity index (χ3v) is 6.38. The lowest BCUT2D eigenvalue weighted by atomic mass is 9.91. The van der Waals surface area contributed by atoms with Crippen molar-refractivity contribution in [1.82, 2.24) is 9.78 Å². The van der Waals surface area contributed by atoms with Gasteiger partial charge in [-0.05, 0) is 69.0 Å². The number of esters is 1. The third kappa shape index (κ3) is 4.24. The van der Waals surface area contributed by atoms with Gasteiger partial charge in [0.05, 0.1) is 5.69 Å². The van der Waals surface area contributed by atoms with Gasteiger partial charge in [0.15, 0.2) is 6.10 Å². The number of hydrogen-bond donors (Lipinski definition) is 1. The minimum atomic E-state index is -2.68. The summed E-state index contributed by atoms with van der Waals surface area (Å²) in [6.45, 7) is 8.56. The Morgan fingerprint density at radius 3 is 2.56 bits per heavy atom. The van der Waals surface area contributed by atoms with Crippen LogP contribution in [0, 0.1) is 27.7 Å². The highest BCUT2D eigenvalue weighted by molar-refractivity contribution is 5.76. The fourth-order valence-corrected chi connectivity index (χ4v) is 4.71. The highest BCUT2D eigenvalue weighted by atomic mass is 19.3. The Balaban J connectivity index is 1.59. The maximum Gasteiger partial charge on any atom is 0.333 e. The molecule has 2 heterocycles. The van der Waals surface area contributed by atoms with Crippen molar-refractivity contribution in [3.8, 4) is 16.9 Å². The Hall–Kier alpha value is -3.42. The van der Waals surface area contributed by atoms with Crippen molar-refractivity contribution in [3.63, 3.8) is 0 Å². The zero-order valence-electron chi connectivity index (χ0n) is 20.2. The summed E-state index contributed by atoms with van der Waals surface area (Å²) in [5.74, 6) is 0.349. The molecule has 1 N–H and O–H groups in total. The number of anilines is 1. The van der Waals surface area contributed by atoms with Gasteiger partial charge in [-0.3, -0.25) is 4.79 Å². The van der Waals surface area contributed by atoms with Crippen LogP contribution in [-0.2, 0) is 16.1 Å². The number of carbonyl (C=O) groups is 1. The molecule has 0 fully saturated rings. The normalized spacial score (nSPS) is 17.0. The van der Waals surface area contributed by atoms with Crippen LogP contribution in [0.25, 0.3) is 11.1 Å². The summed E-state index contributed by atoms with van der Waals surface area (Å²) in [5, 5.41) is 7.48. The highest BCUT2D eigenvalue weighted by Crippen LogP contribution is 2.41.